The lowest BCUT2D eigenvalue weighted by Crippen LogP contribution is -2.26. The van der Waals surface area contributed by atoms with Gasteiger partial charge in [0.15, 0.2) is 0 Å². The number of thiazole rings is 1. The van der Waals surface area contributed by atoms with Crippen LogP contribution in [-0.2, 0) is 12.8 Å². The molecule has 2 N–H and O–H groups in total. The van der Waals surface area contributed by atoms with Gasteiger partial charge in [-0.2, -0.15) is 5.10 Å². The van der Waals surface area contributed by atoms with Crippen molar-refractivity contribution in [2.75, 3.05) is 6.54 Å². The first-order chi connectivity index (χ1) is 10.8. The summed E-state index contributed by atoms with van der Waals surface area (Å²) < 4.78 is 0. The van der Waals surface area contributed by atoms with E-state index in [9.17, 15) is 4.79 Å². The van der Waals surface area contributed by atoms with Crippen LogP contribution in [0.3, 0.4) is 0 Å². The zero-order valence-corrected chi connectivity index (χ0v) is 12.6. The molecule has 3 aromatic rings. The fraction of sp³-hybridized carbons (Fsp3) is 0.200. The summed E-state index contributed by atoms with van der Waals surface area (Å²) in [5, 5.41) is 12.1. The second kappa shape index (κ2) is 6.95. The van der Waals surface area contributed by atoms with E-state index in [-0.39, 0.29) is 5.91 Å². The van der Waals surface area contributed by atoms with Crippen molar-refractivity contribution >= 4 is 17.2 Å². The molecule has 3 rings (SSSR count). The van der Waals surface area contributed by atoms with Crippen molar-refractivity contribution in [1.82, 2.24) is 25.5 Å². The van der Waals surface area contributed by atoms with Gasteiger partial charge in [-0.3, -0.25) is 9.89 Å². The van der Waals surface area contributed by atoms with E-state index in [0.717, 1.165) is 17.3 Å². The molecular formula is C15H15N5OS. The molecule has 7 heteroatoms. The van der Waals surface area contributed by atoms with E-state index in [0.29, 0.717) is 18.7 Å². The van der Waals surface area contributed by atoms with Crippen LogP contribution in [0.2, 0.25) is 0 Å². The Bertz CT molecular complexity index is 723. The van der Waals surface area contributed by atoms with E-state index in [1.54, 1.807) is 5.38 Å². The number of rotatable bonds is 6. The number of amides is 1. The summed E-state index contributed by atoms with van der Waals surface area (Å²) in [6.07, 6.45) is 2.82. The second-order valence-electron chi connectivity index (χ2n) is 4.73. The van der Waals surface area contributed by atoms with Crippen molar-refractivity contribution in [1.29, 1.82) is 0 Å². The number of H-pyrrole nitrogens is 1. The topological polar surface area (TPSA) is 83.6 Å². The highest BCUT2D eigenvalue weighted by Crippen LogP contribution is 2.14. The van der Waals surface area contributed by atoms with Crippen LogP contribution in [0.1, 0.15) is 26.9 Å². The molecule has 6 nitrogen and oxygen atoms in total. The monoisotopic (exact) mass is 313 g/mol. The lowest BCUT2D eigenvalue weighted by Gasteiger charge is -2.01. The number of hydrogen-bond acceptors (Lipinski definition) is 5. The molecule has 0 aliphatic carbocycles. The Kier molecular flexibility index (Phi) is 4.55. The Labute approximate surface area is 131 Å². The number of aromatic amines is 1. The van der Waals surface area contributed by atoms with Gasteiger partial charge in [-0.05, 0) is 5.56 Å². The average Bonchev–Trinajstić information content (AvgIpc) is 3.20. The summed E-state index contributed by atoms with van der Waals surface area (Å²) in [7, 11) is 0. The number of carbonyl (C=O) groups excluding carboxylic acids is 1. The fourth-order valence-electron chi connectivity index (χ4n) is 2.00. The van der Waals surface area contributed by atoms with Gasteiger partial charge in [-0.1, -0.05) is 30.3 Å². The van der Waals surface area contributed by atoms with Crippen molar-refractivity contribution in [3.05, 3.63) is 64.1 Å². The van der Waals surface area contributed by atoms with Crippen molar-refractivity contribution in [3.8, 4) is 0 Å². The maximum atomic E-state index is 12.0. The van der Waals surface area contributed by atoms with Gasteiger partial charge in [0.05, 0.1) is 5.01 Å². The molecule has 0 atom stereocenters. The Morgan fingerprint density at radius 1 is 1.27 bits per heavy atom. The van der Waals surface area contributed by atoms with Crippen molar-refractivity contribution in [2.45, 2.75) is 12.8 Å². The van der Waals surface area contributed by atoms with Crippen molar-refractivity contribution < 1.29 is 4.79 Å². The van der Waals surface area contributed by atoms with Gasteiger partial charge in [0.2, 0.25) is 0 Å². The largest absolute Gasteiger partial charge is 0.350 e. The third-order valence-corrected chi connectivity index (χ3v) is 3.94. The van der Waals surface area contributed by atoms with Gasteiger partial charge in [-0.25, -0.2) is 9.97 Å². The summed E-state index contributed by atoms with van der Waals surface area (Å²) in [4.78, 5) is 20.4. The lowest BCUT2D eigenvalue weighted by atomic mass is 10.2. The first-order valence-electron chi connectivity index (χ1n) is 6.92. The SMILES string of the molecule is O=C(NCCc1ncn[nH]1)c1csc(Cc2ccccc2)n1. The minimum atomic E-state index is -0.157. The van der Waals surface area contributed by atoms with Gasteiger partial charge >= 0.3 is 0 Å². The summed E-state index contributed by atoms with van der Waals surface area (Å²) in [5.74, 6) is 0.596. The first-order valence-corrected chi connectivity index (χ1v) is 7.80. The quantitative estimate of drug-likeness (QED) is 0.727. The molecule has 0 aliphatic rings. The normalized spacial score (nSPS) is 10.5. The minimum Gasteiger partial charge on any atom is -0.350 e. The zero-order valence-electron chi connectivity index (χ0n) is 11.8. The van der Waals surface area contributed by atoms with Gasteiger partial charge in [-0.15, -0.1) is 11.3 Å². The Morgan fingerprint density at radius 2 is 2.14 bits per heavy atom. The third kappa shape index (κ3) is 3.76. The molecule has 22 heavy (non-hydrogen) atoms. The summed E-state index contributed by atoms with van der Waals surface area (Å²) in [5.41, 5.74) is 1.66. The van der Waals surface area contributed by atoms with Crippen LogP contribution >= 0.6 is 11.3 Å². The molecule has 0 spiro atoms. The van der Waals surface area contributed by atoms with E-state index >= 15 is 0 Å². The molecule has 2 aromatic heterocycles. The molecule has 0 saturated carbocycles. The maximum absolute atomic E-state index is 12.0. The number of nitrogens with zero attached hydrogens (tertiary/aromatic N) is 3. The zero-order chi connectivity index (χ0) is 15.2. The van der Waals surface area contributed by atoms with Crippen LogP contribution in [0.15, 0.2) is 42.0 Å². The van der Waals surface area contributed by atoms with Gasteiger partial charge in [0.1, 0.15) is 17.8 Å². The van der Waals surface area contributed by atoms with E-state index in [1.165, 1.54) is 23.2 Å². The molecular weight excluding hydrogens is 298 g/mol. The lowest BCUT2D eigenvalue weighted by molar-refractivity contribution is 0.0949. The number of hydrogen-bond donors (Lipinski definition) is 2. The highest BCUT2D eigenvalue weighted by molar-refractivity contribution is 7.09. The summed E-state index contributed by atoms with van der Waals surface area (Å²) >= 11 is 1.50. The highest BCUT2D eigenvalue weighted by Gasteiger charge is 2.10. The molecule has 0 radical (unpaired) electrons. The first kappa shape index (κ1) is 14.4. The van der Waals surface area contributed by atoms with Crippen LogP contribution in [-0.4, -0.2) is 32.6 Å². The van der Waals surface area contributed by atoms with Crippen LogP contribution in [0.4, 0.5) is 0 Å². The van der Waals surface area contributed by atoms with Gasteiger partial charge in [0.25, 0.3) is 5.91 Å². The van der Waals surface area contributed by atoms with Crippen molar-refractivity contribution in [2.24, 2.45) is 0 Å². The van der Waals surface area contributed by atoms with E-state index in [4.69, 9.17) is 0 Å². The van der Waals surface area contributed by atoms with E-state index < -0.39 is 0 Å². The minimum absolute atomic E-state index is 0.157. The third-order valence-electron chi connectivity index (χ3n) is 3.09. The number of nitrogens with one attached hydrogen (secondary N) is 2. The Balaban J connectivity index is 1.53. The molecule has 1 amide bonds. The molecule has 0 aliphatic heterocycles. The Hall–Kier alpha value is -2.54. The molecule has 2 heterocycles. The van der Waals surface area contributed by atoms with Crippen molar-refractivity contribution in [3.63, 3.8) is 0 Å². The van der Waals surface area contributed by atoms with E-state index in [1.807, 2.05) is 18.2 Å². The Morgan fingerprint density at radius 3 is 2.91 bits per heavy atom. The predicted molar refractivity (Wildman–Crippen MR) is 83.8 cm³/mol. The molecule has 0 unspecified atom stereocenters. The predicted octanol–water partition coefficient (Wildman–Crippen LogP) is 1.82. The average molecular weight is 313 g/mol. The summed E-state index contributed by atoms with van der Waals surface area (Å²) in [6.45, 7) is 0.500. The molecule has 112 valence electrons. The smallest absolute Gasteiger partial charge is 0.270 e. The fourth-order valence-corrected chi connectivity index (χ4v) is 2.81. The van der Waals surface area contributed by atoms with Crippen LogP contribution < -0.4 is 5.32 Å². The molecule has 0 saturated heterocycles. The summed E-state index contributed by atoms with van der Waals surface area (Å²) in [6, 6.07) is 10.1. The standard InChI is InChI=1S/C15H15N5OS/c21-15(16-7-6-13-17-10-18-20-13)12-9-22-14(19-12)8-11-4-2-1-3-5-11/h1-5,9-10H,6-8H2,(H,16,21)(H,17,18,20). The van der Waals surface area contributed by atoms with Gasteiger partial charge < -0.3 is 5.32 Å². The molecule has 0 fully saturated rings. The molecule has 0 bridgehead atoms. The van der Waals surface area contributed by atoms with E-state index in [2.05, 4.69) is 37.6 Å². The van der Waals surface area contributed by atoms with Crippen LogP contribution in [0.25, 0.3) is 0 Å². The van der Waals surface area contributed by atoms with Crippen LogP contribution in [0, 0.1) is 0 Å². The number of benzene rings is 1. The number of carbonyl (C=O) groups is 1. The molecule has 1 aromatic carbocycles. The highest BCUT2D eigenvalue weighted by atomic mass is 32.1. The second-order valence-corrected chi connectivity index (χ2v) is 5.67. The number of aromatic nitrogens is 4. The van der Waals surface area contributed by atoms with Crippen LogP contribution in [0.5, 0.6) is 0 Å². The maximum Gasteiger partial charge on any atom is 0.270 e. The van der Waals surface area contributed by atoms with Gasteiger partial charge in [0, 0.05) is 24.8 Å².